The Labute approximate surface area is 108 Å². The van der Waals surface area contributed by atoms with Crippen LogP contribution in [0.25, 0.3) is 0 Å². The molecule has 0 saturated carbocycles. The van der Waals surface area contributed by atoms with Crippen molar-refractivity contribution in [2.45, 2.75) is 6.18 Å². The molecule has 100 valence electrons. The Morgan fingerprint density at radius 2 is 1.89 bits per heavy atom. The fraction of sp³-hybridized carbons (Fsp3) is 0.364. The van der Waals surface area contributed by atoms with Crippen molar-refractivity contribution < 1.29 is 18.0 Å². The number of rotatable bonds is 3. The molecular formula is C11H12ClF3N2O. The van der Waals surface area contributed by atoms with Crippen LogP contribution in [0.1, 0.15) is 5.56 Å². The molecule has 3 nitrogen and oxygen atoms in total. The average molecular weight is 281 g/mol. The summed E-state index contributed by atoms with van der Waals surface area (Å²) in [7, 11) is 1.54. The second kappa shape index (κ2) is 5.95. The summed E-state index contributed by atoms with van der Waals surface area (Å²) in [5.41, 5.74) is -0.455. The topological polar surface area (TPSA) is 32.3 Å². The van der Waals surface area contributed by atoms with Gasteiger partial charge in [0.2, 0.25) is 0 Å². The SMILES string of the molecule is CN(CCCl)C(=O)Nc1ccc(C(F)(F)F)cc1. The van der Waals surface area contributed by atoms with E-state index in [9.17, 15) is 18.0 Å². The Balaban J connectivity index is 2.67. The second-order valence-corrected chi connectivity index (χ2v) is 3.99. The molecule has 0 spiro atoms. The van der Waals surface area contributed by atoms with E-state index >= 15 is 0 Å². The molecule has 0 atom stereocenters. The number of urea groups is 1. The predicted molar refractivity (Wildman–Crippen MR) is 63.8 cm³/mol. The summed E-state index contributed by atoms with van der Waals surface area (Å²) in [6.45, 7) is 0.355. The van der Waals surface area contributed by atoms with Crippen LogP contribution in [-0.2, 0) is 6.18 Å². The van der Waals surface area contributed by atoms with Gasteiger partial charge in [0.1, 0.15) is 0 Å². The molecule has 0 saturated heterocycles. The number of carbonyl (C=O) groups excluding carboxylic acids is 1. The van der Waals surface area contributed by atoms with Gasteiger partial charge in [0.15, 0.2) is 0 Å². The van der Waals surface area contributed by atoms with Crippen molar-refractivity contribution in [2.24, 2.45) is 0 Å². The maximum atomic E-state index is 12.3. The first-order chi connectivity index (χ1) is 8.34. The summed E-state index contributed by atoms with van der Waals surface area (Å²) in [6.07, 6.45) is -4.38. The average Bonchev–Trinajstić information content (AvgIpc) is 2.28. The number of hydrogen-bond acceptors (Lipinski definition) is 1. The molecule has 1 rings (SSSR count). The lowest BCUT2D eigenvalue weighted by Gasteiger charge is -2.16. The zero-order valence-corrected chi connectivity index (χ0v) is 10.3. The van der Waals surface area contributed by atoms with Gasteiger partial charge in [0.05, 0.1) is 5.56 Å². The smallest absolute Gasteiger partial charge is 0.326 e. The van der Waals surface area contributed by atoms with Crippen LogP contribution in [0.3, 0.4) is 0 Å². The molecule has 0 aromatic heterocycles. The number of anilines is 1. The van der Waals surface area contributed by atoms with Gasteiger partial charge in [-0.05, 0) is 24.3 Å². The van der Waals surface area contributed by atoms with Crippen LogP contribution >= 0.6 is 11.6 Å². The molecule has 0 bridgehead atoms. The normalized spacial score (nSPS) is 11.2. The molecule has 0 aliphatic heterocycles. The Morgan fingerprint density at radius 1 is 1.33 bits per heavy atom. The van der Waals surface area contributed by atoms with Crippen LogP contribution in [-0.4, -0.2) is 30.4 Å². The molecule has 2 amide bonds. The first-order valence-electron chi connectivity index (χ1n) is 5.10. The Morgan fingerprint density at radius 3 is 2.33 bits per heavy atom. The number of carbonyl (C=O) groups is 1. The summed E-state index contributed by atoms with van der Waals surface area (Å²) >= 11 is 5.47. The summed E-state index contributed by atoms with van der Waals surface area (Å²) < 4.78 is 36.9. The highest BCUT2D eigenvalue weighted by Gasteiger charge is 2.29. The molecule has 1 N–H and O–H groups in total. The zero-order chi connectivity index (χ0) is 13.8. The molecule has 0 heterocycles. The number of nitrogens with one attached hydrogen (secondary N) is 1. The Hall–Kier alpha value is -1.43. The number of benzene rings is 1. The van der Waals surface area contributed by atoms with Crippen molar-refractivity contribution in [3.05, 3.63) is 29.8 Å². The molecule has 0 fully saturated rings. The van der Waals surface area contributed by atoms with Gasteiger partial charge in [-0.25, -0.2) is 4.79 Å². The lowest BCUT2D eigenvalue weighted by atomic mass is 10.2. The lowest BCUT2D eigenvalue weighted by Crippen LogP contribution is -2.32. The van der Waals surface area contributed by atoms with E-state index in [-0.39, 0.29) is 5.88 Å². The van der Waals surface area contributed by atoms with Crippen molar-refractivity contribution in [1.29, 1.82) is 0 Å². The maximum absolute atomic E-state index is 12.3. The van der Waals surface area contributed by atoms with Gasteiger partial charge in [-0.2, -0.15) is 13.2 Å². The number of nitrogens with zero attached hydrogens (tertiary/aromatic N) is 1. The molecule has 18 heavy (non-hydrogen) atoms. The van der Waals surface area contributed by atoms with Crippen molar-refractivity contribution in [3.63, 3.8) is 0 Å². The first kappa shape index (κ1) is 14.6. The third kappa shape index (κ3) is 4.10. The van der Waals surface area contributed by atoms with Crippen LogP contribution in [0, 0.1) is 0 Å². The minimum Gasteiger partial charge on any atom is -0.326 e. The molecule has 7 heteroatoms. The molecule has 0 aliphatic carbocycles. The highest BCUT2D eigenvalue weighted by atomic mass is 35.5. The Bertz CT molecular complexity index is 406. The summed E-state index contributed by atoms with van der Waals surface area (Å²) in [5, 5.41) is 2.47. The summed E-state index contributed by atoms with van der Waals surface area (Å²) in [5.74, 6) is 0.289. The number of alkyl halides is 4. The van der Waals surface area contributed by atoms with Crippen LogP contribution in [0.2, 0.25) is 0 Å². The van der Waals surface area contributed by atoms with Gasteiger partial charge in [0.25, 0.3) is 0 Å². The van der Waals surface area contributed by atoms with E-state index in [1.807, 2.05) is 0 Å². The third-order valence-electron chi connectivity index (χ3n) is 2.23. The van der Waals surface area contributed by atoms with Gasteiger partial charge in [0, 0.05) is 25.2 Å². The van der Waals surface area contributed by atoms with Crippen LogP contribution in [0.4, 0.5) is 23.7 Å². The second-order valence-electron chi connectivity index (χ2n) is 3.62. The number of halogens is 4. The largest absolute Gasteiger partial charge is 0.416 e. The minimum absolute atomic E-state index is 0.289. The van der Waals surface area contributed by atoms with E-state index in [0.717, 1.165) is 12.1 Å². The fourth-order valence-electron chi connectivity index (χ4n) is 1.19. The van der Waals surface area contributed by atoms with Crippen LogP contribution < -0.4 is 5.32 Å². The molecule has 0 radical (unpaired) electrons. The maximum Gasteiger partial charge on any atom is 0.416 e. The summed E-state index contributed by atoms with van der Waals surface area (Å²) in [4.78, 5) is 12.9. The van der Waals surface area contributed by atoms with Gasteiger partial charge in [-0.3, -0.25) is 0 Å². The van der Waals surface area contributed by atoms with E-state index in [1.165, 1.54) is 17.0 Å². The standard InChI is InChI=1S/C11H12ClF3N2O/c1-17(7-6-12)10(18)16-9-4-2-8(3-5-9)11(13,14)15/h2-5H,6-7H2,1H3,(H,16,18). The fourth-order valence-corrected chi connectivity index (χ4v) is 1.44. The van der Waals surface area contributed by atoms with Crippen molar-refractivity contribution >= 4 is 23.3 Å². The van der Waals surface area contributed by atoms with E-state index in [1.54, 1.807) is 7.05 Å². The van der Waals surface area contributed by atoms with E-state index in [0.29, 0.717) is 12.2 Å². The monoisotopic (exact) mass is 280 g/mol. The number of amides is 2. The van der Waals surface area contributed by atoms with E-state index < -0.39 is 17.8 Å². The van der Waals surface area contributed by atoms with Gasteiger partial charge in [-0.1, -0.05) is 0 Å². The third-order valence-corrected chi connectivity index (χ3v) is 2.40. The lowest BCUT2D eigenvalue weighted by molar-refractivity contribution is -0.137. The zero-order valence-electron chi connectivity index (χ0n) is 9.59. The van der Waals surface area contributed by atoms with Crippen molar-refractivity contribution in [3.8, 4) is 0 Å². The quantitative estimate of drug-likeness (QED) is 0.846. The molecule has 1 aromatic carbocycles. The van der Waals surface area contributed by atoms with E-state index in [4.69, 9.17) is 11.6 Å². The van der Waals surface area contributed by atoms with Gasteiger partial charge in [-0.15, -0.1) is 11.6 Å². The molecule has 0 aliphatic rings. The van der Waals surface area contributed by atoms with Crippen molar-refractivity contribution in [1.82, 2.24) is 4.90 Å². The molecule has 1 aromatic rings. The van der Waals surface area contributed by atoms with Gasteiger partial charge < -0.3 is 10.2 Å². The Kier molecular flexibility index (Phi) is 4.84. The summed E-state index contributed by atoms with van der Waals surface area (Å²) in [6, 6.07) is 3.81. The van der Waals surface area contributed by atoms with Gasteiger partial charge >= 0.3 is 12.2 Å². The first-order valence-corrected chi connectivity index (χ1v) is 5.63. The highest BCUT2D eigenvalue weighted by Crippen LogP contribution is 2.29. The van der Waals surface area contributed by atoms with Crippen LogP contribution in [0.5, 0.6) is 0 Å². The predicted octanol–water partition coefficient (Wildman–Crippen LogP) is 3.41. The minimum atomic E-state index is -4.38. The van der Waals surface area contributed by atoms with E-state index in [2.05, 4.69) is 5.32 Å². The molecule has 0 unspecified atom stereocenters. The molecular weight excluding hydrogens is 269 g/mol. The number of hydrogen-bond donors (Lipinski definition) is 1. The van der Waals surface area contributed by atoms with Crippen LogP contribution in [0.15, 0.2) is 24.3 Å². The van der Waals surface area contributed by atoms with Crippen molar-refractivity contribution in [2.75, 3.05) is 24.8 Å². The highest BCUT2D eigenvalue weighted by molar-refractivity contribution is 6.18.